The van der Waals surface area contributed by atoms with Gasteiger partial charge in [-0.25, -0.2) is 4.79 Å². The lowest BCUT2D eigenvalue weighted by molar-refractivity contribution is 0.0702. The molecule has 0 amide bonds. The molecule has 0 spiro atoms. The Morgan fingerprint density at radius 1 is 1.56 bits per heavy atom. The maximum absolute atomic E-state index is 10.9. The Kier molecular flexibility index (Phi) is 4.16. The van der Waals surface area contributed by atoms with Crippen LogP contribution in [0.2, 0.25) is 0 Å². The van der Waals surface area contributed by atoms with E-state index in [4.69, 9.17) is 5.11 Å². The Balaban J connectivity index is 2.00. The van der Waals surface area contributed by atoms with Gasteiger partial charge in [-0.05, 0) is 36.9 Å². The zero-order valence-corrected chi connectivity index (χ0v) is 11.9. The number of aromatic carboxylic acids is 1. The second kappa shape index (κ2) is 5.65. The van der Waals surface area contributed by atoms with Crippen LogP contribution in [-0.4, -0.2) is 11.1 Å². The van der Waals surface area contributed by atoms with Crippen LogP contribution in [0.5, 0.6) is 0 Å². The zero-order valence-electron chi connectivity index (χ0n) is 10.3. The van der Waals surface area contributed by atoms with E-state index in [1.165, 1.54) is 16.2 Å². The van der Waals surface area contributed by atoms with E-state index >= 15 is 0 Å². The highest BCUT2D eigenvalue weighted by Gasteiger charge is 2.12. The molecular formula is C13H15NO2S2. The molecule has 5 heteroatoms. The van der Waals surface area contributed by atoms with Crippen LogP contribution in [0, 0.1) is 6.92 Å². The van der Waals surface area contributed by atoms with Crippen molar-refractivity contribution < 1.29 is 9.90 Å². The Bertz CT molecular complexity index is 531. The van der Waals surface area contributed by atoms with Gasteiger partial charge in [-0.1, -0.05) is 6.07 Å². The molecular weight excluding hydrogens is 266 g/mol. The van der Waals surface area contributed by atoms with Gasteiger partial charge in [0.05, 0.1) is 0 Å². The van der Waals surface area contributed by atoms with Gasteiger partial charge in [0, 0.05) is 22.3 Å². The highest BCUT2D eigenvalue weighted by molar-refractivity contribution is 7.14. The SMILES string of the molecule is Cc1sc(C(=O)O)cc1CN[C@H](C)c1cccs1. The molecule has 18 heavy (non-hydrogen) atoms. The Morgan fingerprint density at radius 3 is 2.89 bits per heavy atom. The molecule has 96 valence electrons. The Labute approximate surface area is 114 Å². The molecule has 3 nitrogen and oxygen atoms in total. The average molecular weight is 281 g/mol. The standard InChI is InChI=1S/C13H15NO2S2/c1-8(11-4-3-5-17-11)14-7-10-6-12(13(15)16)18-9(10)2/h3-6,8,14H,7H2,1-2H3,(H,15,16)/t8-/m1/s1. The third kappa shape index (κ3) is 2.98. The lowest BCUT2D eigenvalue weighted by Gasteiger charge is -2.11. The number of carboxylic acids is 1. The van der Waals surface area contributed by atoms with Crippen LogP contribution in [0.15, 0.2) is 23.6 Å². The van der Waals surface area contributed by atoms with Crippen molar-refractivity contribution >= 4 is 28.6 Å². The summed E-state index contributed by atoms with van der Waals surface area (Å²) in [4.78, 5) is 13.7. The number of aryl methyl sites for hydroxylation is 1. The minimum atomic E-state index is -0.847. The smallest absolute Gasteiger partial charge is 0.345 e. The molecule has 0 aromatic carbocycles. The van der Waals surface area contributed by atoms with Gasteiger partial charge in [0.25, 0.3) is 0 Å². The Morgan fingerprint density at radius 2 is 2.33 bits per heavy atom. The number of hydrogen-bond donors (Lipinski definition) is 2. The van der Waals surface area contributed by atoms with Crippen molar-refractivity contribution in [2.75, 3.05) is 0 Å². The molecule has 0 bridgehead atoms. The number of carboxylic acid groups (broad SMARTS) is 1. The summed E-state index contributed by atoms with van der Waals surface area (Å²) in [5.41, 5.74) is 1.07. The fraction of sp³-hybridized carbons (Fsp3) is 0.308. The van der Waals surface area contributed by atoms with E-state index in [0.29, 0.717) is 11.4 Å². The quantitative estimate of drug-likeness (QED) is 0.879. The van der Waals surface area contributed by atoms with Gasteiger partial charge in [-0.2, -0.15) is 0 Å². The first-order valence-electron chi connectivity index (χ1n) is 5.67. The molecule has 2 aromatic rings. The summed E-state index contributed by atoms with van der Waals surface area (Å²) in [6.07, 6.45) is 0. The van der Waals surface area contributed by atoms with Crippen LogP contribution in [0.4, 0.5) is 0 Å². The second-order valence-electron chi connectivity index (χ2n) is 4.12. The van der Waals surface area contributed by atoms with Crippen molar-refractivity contribution in [2.24, 2.45) is 0 Å². The molecule has 0 unspecified atom stereocenters. The van der Waals surface area contributed by atoms with E-state index in [0.717, 1.165) is 10.4 Å². The first-order chi connectivity index (χ1) is 8.58. The van der Waals surface area contributed by atoms with Crippen LogP contribution < -0.4 is 5.32 Å². The summed E-state index contributed by atoms with van der Waals surface area (Å²) in [6.45, 7) is 4.78. The topological polar surface area (TPSA) is 49.3 Å². The maximum atomic E-state index is 10.9. The summed E-state index contributed by atoms with van der Waals surface area (Å²) in [6, 6.07) is 6.19. The average Bonchev–Trinajstić information content (AvgIpc) is 2.95. The largest absolute Gasteiger partial charge is 0.477 e. The summed E-state index contributed by atoms with van der Waals surface area (Å²) >= 11 is 3.06. The van der Waals surface area contributed by atoms with Crippen LogP contribution in [0.3, 0.4) is 0 Å². The summed E-state index contributed by atoms with van der Waals surface area (Å²) in [7, 11) is 0. The molecule has 0 aliphatic rings. The molecule has 0 aliphatic heterocycles. The van der Waals surface area contributed by atoms with Crippen molar-refractivity contribution in [3.63, 3.8) is 0 Å². The van der Waals surface area contributed by atoms with E-state index < -0.39 is 5.97 Å². The lowest BCUT2D eigenvalue weighted by Crippen LogP contribution is -2.17. The van der Waals surface area contributed by atoms with Crippen molar-refractivity contribution in [2.45, 2.75) is 26.4 Å². The van der Waals surface area contributed by atoms with Gasteiger partial charge in [-0.3, -0.25) is 0 Å². The second-order valence-corrected chi connectivity index (χ2v) is 6.35. The van der Waals surface area contributed by atoms with Crippen LogP contribution in [0.1, 0.15) is 38.0 Å². The fourth-order valence-corrected chi connectivity index (χ4v) is 3.34. The van der Waals surface area contributed by atoms with Gasteiger partial charge in [0.2, 0.25) is 0 Å². The van der Waals surface area contributed by atoms with Crippen molar-refractivity contribution in [3.8, 4) is 0 Å². The molecule has 1 atom stereocenters. The van der Waals surface area contributed by atoms with Gasteiger partial charge in [0.1, 0.15) is 4.88 Å². The normalized spacial score (nSPS) is 12.6. The van der Waals surface area contributed by atoms with Gasteiger partial charge >= 0.3 is 5.97 Å². The van der Waals surface area contributed by atoms with Gasteiger partial charge in [0.15, 0.2) is 0 Å². The highest BCUT2D eigenvalue weighted by atomic mass is 32.1. The maximum Gasteiger partial charge on any atom is 0.345 e. The molecule has 0 saturated carbocycles. The molecule has 2 rings (SSSR count). The number of nitrogens with one attached hydrogen (secondary N) is 1. The highest BCUT2D eigenvalue weighted by Crippen LogP contribution is 2.23. The molecule has 0 saturated heterocycles. The fourth-order valence-electron chi connectivity index (χ4n) is 1.70. The van der Waals surface area contributed by atoms with E-state index in [9.17, 15) is 4.79 Å². The van der Waals surface area contributed by atoms with Crippen LogP contribution in [-0.2, 0) is 6.54 Å². The van der Waals surface area contributed by atoms with Crippen molar-refractivity contribution in [1.82, 2.24) is 5.32 Å². The minimum Gasteiger partial charge on any atom is -0.477 e. The molecule has 2 N–H and O–H groups in total. The summed E-state index contributed by atoms with van der Waals surface area (Å²) in [5.74, 6) is -0.847. The molecule has 0 fully saturated rings. The molecule has 0 radical (unpaired) electrons. The van der Waals surface area contributed by atoms with E-state index in [2.05, 4.69) is 23.7 Å². The summed E-state index contributed by atoms with van der Waals surface area (Å²) in [5, 5.41) is 14.4. The molecule has 2 heterocycles. The number of hydrogen-bond acceptors (Lipinski definition) is 4. The third-order valence-electron chi connectivity index (χ3n) is 2.80. The monoisotopic (exact) mass is 281 g/mol. The Hall–Kier alpha value is -1.17. The first-order valence-corrected chi connectivity index (χ1v) is 7.37. The van der Waals surface area contributed by atoms with Gasteiger partial charge in [-0.15, -0.1) is 22.7 Å². The first kappa shape index (κ1) is 13.3. The summed E-state index contributed by atoms with van der Waals surface area (Å²) < 4.78 is 0. The zero-order chi connectivity index (χ0) is 13.1. The van der Waals surface area contributed by atoms with Crippen molar-refractivity contribution in [3.05, 3.63) is 43.8 Å². The number of thiophene rings is 2. The minimum absolute atomic E-state index is 0.289. The van der Waals surface area contributed by atoms with Crippen LogP contribution >= 0.6 is 22.7 Å². The number of rotatable bonds is 5. The van der Waals surface area contributed by atoms with Crippen LogP contribution in [0.25, 0.3) is 0 Å². The predicted octanol–water partition coefficient (Wildman–Crippen LogP) is 3.67. The number of carbonyl (C=O) groups is 1. The molecule has 0 aliphatic carbocycles. The third-order valence-corrected chi connectivity index (χ3v) is 4.94. The van der Waals surface area contributed by atoms with E-state index in [1.54, 1.807) is 17.4 Å². The lowest BCUT2D eigenvalue weighted by atomic mass is 10.2. The molecule has 2 aromatic heterocycles. The van der Waals surface area contributed by atoms with E-state index in [-0.39, 0.29) is 6.04 Å². The van der Waals surface area contributed by atoms with E-state index in [1.807, 2.05) is 13.0 Å². The van der Waals surface area contributed by atoms with Crippen molar-refractivity contribution in [1.29, 1.82) is 0 Å². The predicted molar refractivity (Wildman–Crippen MR) is 75.6 cm³/mol. The van der Waals surface area contributed by atoms with Gasteiger partial charge < -0.3 is 10.4 Å².